The Hall–Kier alpha value is -2.78. The van der Waals surface area contributed by atoms with Gasteiger partial charge in [-0.2, -0.15) is 10.1 Å². The van der Waals surface area contributed by atoms with Gasteiger partial charge in [0.25, 0.3) is 0 Å². The molecule has 1 heterocycles. The number of hydrogen-bond donors (Lipinski definition) is 0. The van der Waals surface area contributed by atoms with Crippen LogP contribution >= 0.6 is 0 Å². The van der Waals surface area contributed by atoms with Crippen LogP contribution in [0.5, 0.6) is 0 Å². The van der Waals surface area contributed by atoms with Crippen LogP contribution in [0.1, 0.15) is 33.6 Å². The average Bonchev–Trinajstić information content (AvgIpc) is 2.58. The molecule has 0 saturated heterocycles. The van der Waals surface area contributed by atoms with Crippen LogP contribution < -0.4 is 5.01 Å². The molecule has 0 N–H and O–H groups in total. The number of halogens is 4. The maximum absolute atomic E-state index is 13.9. The van der Waals surface area contributed by atoms with Crippen LogP contribution in [0.2, 0.25) is 0 Å². The van der Waals surface area contributed by atoms with E-state index >= 15 is 0 Å². The second-order valence-corrected chi connectivity index (χ2v) is 6.82. The number of carbonyl (C=O) groups excluding carboxylic acids is 3. The Bertz CT molecular complexity index is 820. The zero-order valence-electron chi connectivity index (χ0n) is 14.7. The number of rotatable bonds is 4. The number of hydrazone groups is 1. The van der Waals surface area contributed by atoms with Gasteiger partial charge in [-0.3, -0.25) is 9.59 Å². The van der Waals surface area contributed by atoms with Crippen LogP contribution in [0.3, 0.4) is 0 Å². The van der Waals surface area contributed by atoms with Gasteiger partial charge < -0.3 is 4.74 Å². The van der Waals surface area contributed by atoms with Crippen molar-refractivity contribution < 1.29 is 36.7 Å². The highest BCUT2D eigenvalue weighted by atomic mass is 19.2. The normalized spacial score (nSPS) is 14.9. The molecule has 0 unspecified atom stereocenters. The van der Waals surface area contributed by atoms with Crippen LogP contribution in [-0.4, -0.2) is 30.0 Å². The number of carbonyl (C=O) groups is 3. The summed E-state index contributed by atoms with van der Waals surface area (Å²) in [5.74, 6) is -9.55. The minimum atomic E-state index is -1.83. The molecule has 2 rings (SSSR count). The second kappa shape index (κ2) is 7.45. The van der Waals surface area contributed by atoms with Gasteiger partial charge in [0.05, 0.1) is 0 Å². The molecule has 1 amide bonds. The summed E-state index contributed by atoms with van der Waals surface area (Å²) in [5.41, 5.74) is -2.55. The molecule has 1 aliphatic heterocycles. The molecule has 6 nitrogen and oxygen atoms in total. The molecule has 0 fully saturated rings. The quantitative estimate of drug-likeness (QED) is 0.452. The number of ether oxygens (including phenoxy) is 1. The topological polar surface area (TPSA) is 76.0 Å². The van der Waals surface area contributed by atoms with E-state index in [2.05, 4.69) is 5.10 Å². The van der Waals surface area contributed by atoms with Crippen LogP contribution in [0, 0.1) is 28.7 Å². The van der Waals surface area contributed by atoms with E-state index in [-0.39, 0.29) is 23.3 Å². The summed E-state index contributed by atoms with van der Waals surface area (Å²) in [6.07, 6.45) is -0.628. The third-order valence-corrected chi connectivity index (χ3v) is 3.74. The Balaban J connectivity index is 2.31. The highest BCUT2D eigenvalue weighted by Gasteiger charge is 2.33. The first-order valence-electron chi connectivity index (χ1n) is 7.87. The van der Waals surface area contributed by atoms with Gasteiger partial charge in [-0.25, -0.2) is 22.4 Å². The lowest BCUT2D eigenvalue weighted by Crippen LogP contribution is -2.37. The van der Waals surface area contributed by atoms with Crippen LogP contribution in [0.4, 0.5) is 23.2 Å². The Morgan fingerprint density at radius 1 is 1.11 bits per heavy atom. The first kappa shape index (κ1) is 20.5. The lowest BCUT2D eigenvalue weighted by molar-refractivity contribution is -0.144. The number of ketones is 1. The minimum absolute atomic E-state index is 0.0143. The molecule has 1 aromatic rings. The van der Waals surface area contributed by atoms with E-state index in [0.717, 1.165) is 0 Å². The molecule has 0 radical (unpaired) electrons. The molecule has 27 heavy (non-hydrogen) atoms. The zero-order chi connectivity index (χ0) is 20.5. The predicted molar refractivity (Wildman–Crippen MR) is 85.9 cm³/mol. The summed E-state index contributed by atoms with van der Waals surface area (Å²) in [7, 11) is 0. The predicted octanol–water partition coefficient (Wildman–Crippen LogP) is 2.88. The fourth-order valence-corrected chi connectivity index (χ4v) is 2.05. The minimum Gasteiger partial charge on any atom is -0.453 e. The Labute approximate surface area is 151 Å². The third kappa shape index (κ3) is 4.32. The van der Waals surface area contributed by atoms with Crippen molar-refractivity contribution in [2.75, 3.05) is 11.6 Å². The lowest BCUT2D eigenvalue weighted by atomic mass is 9.91. The molecule has 0 aliphatic carbocycles. The van der Waals surface area contributed by atoms with Crippen molar-refractivity contribution in [2.45, 2.75) is 33.6 Å². The van der Waals surface area contributed by atoms with Crippen molar-refractivity contribution >= 4 is 29.1 Å². The van der Waals surface area contributed by atoms with Crippen molar-refractivity contribution in [1.82, 2.24) is 0 Å². The van der Waals surface area contributed by atoms with Crippen molar-refractivity contribution in [3.8, 4) is 0 Å². The van der Waals surface area contributed by atoms with E-state index in [1.807, 2.05) is 0 Å². The molecule has 0 aromatic heterocycles. The molecule has 1 aromatic carbocycles. The number of nitrogens with zero attached hydrogens (tertiary/aromatic N) is 2. The van der Waals surface area contributed by atoms with Crippen LogP contribution in [0.15, 0.2) is 11.2 Å². The summed E-state index contributed by atoms with van der Waals surface area (Å²) in [5, 5.41) is 3.56. The van der Waals surface area contributed by atoms with Gasteiger partial charge in [0, 0.05) is 24.3 Å². The number of amides is 1. The Morgan fingerprint density at radius 2 is 1.67 bits per heavy atom. The van der Waals surface area contributed by atoms with Gasteiger partial charge in [0.2, 0.25) is 5.91 Å². The van der Waals surface area contributed by atoms with Gasteiger partial charge in [-0.1, -0.05) is 20.8 Å². The standard InChI is InChI=1S/C17H16F4N2O4/c1-17(2,3)11(24)7-27-16(26)10-4-5-12(25)23(22-10)15-13(20)8(18)6-9(19)14(15)21/h6H,4-5,7H2,1-3H3. The number of esters is 1. The number of benzene rings is 1. The second-order valence-electron chi connectivity index (χ2n) is 6.82. The highest BCUT2D eigenvalue weighted by molar-refractivity contribution is 6.38. The van der Waals surface area contributed by atoms with Crippen LogP contribution in [-0.2, 0) is 19.1 Å². The molecule has 146 valence electrons. The lowest BCUT2D eigenvalue weighted by Gasteiger charge is -2.24. The van der Waals surface area contributed by atoms with Crippen molar-refractivity contribution in [3.63, 3.8) is 0 Å². The van der Waals surface area contributed by atoms with Gasteiger partial charge >= 0.3 is 5.97 Å². The number of hydrogen-bond acceptors (Lipinski definition) is 5. The SMILES string of the molecule is CC(C)(C)C(=O)COC(=O)C1=NN(c2c(F)c(F)cc(F)c2F)C(=O)CC1. The van der Waals surface area contributed by atoms with E-state index in [4.69, 9.17) is 4.74 Å². The molecular weight excluding hydrogens is 372 g/mol. The largest absolute Gasteiger partial charge is 0.453 e. The molecule has 10 heteroatoms. The van der Waals surface area contributed by atoms with E-state index < -0.39 is 65.0 Å². The van der Waals surface area contributed by atoms with Crippen molar-refractivity contribution in [3.05, 3.63) is 29.3 Å². The van der Waals surface area contributed by atoms with E-state index in [0.29, 0.717) is 0 Å². The Kier molecular flexibility index (Phi) is 5.67. The maximum atomic E-state index is 13.9. The van der Waals surface area contributed by atoms with E-state index in [1.165, 1.54) is 0 Å². The average molecular weight is 388 g/mol. The Morgan fingerprint density at radius 3 is 2.19 bits per heavy atom. The first-order valence-corrected chi connectivity index (χ1v) is 7.87. The van der Waals surface area contributed by atoms with Gasteiger partial charge in [0.1, 0.15) is 11.4 Å². The molecule has 0 bridgehead atoms. The fraction of sp³-hybridized carbons (Fsp3) is 0.412. The van der Waals surface area contributed by atoms with E-state index in [1.54, 1.807) is 20.8 Å². The molecule has 0 saturated carbocycles. The molecule has 1 aliphatic rings. The summed E-state index contributed by atoms with van der Waals surface area (Å²) in [4.78, 5) is 35.7. The number of anilines is 1. The van der Waals surface area contributed by atoms with Crippen LogP contribution in [0.25, 0.3) is 0 Å². The zero-order valence-corrected chi connectivity index (χ0v) is 14.7. The summed E-state index contributed by atoms with van der Waals surface area (Å²) in [6.45, 7) is 4.29. The summed E-state index contributed by atoms with van der Waals surface area (Å²) in [6, 6.07) is -0.0143. The molecular formula is C17H16F4N2O4. The first-order chi connectivity index (χ1) is 12.4. The number of Topliss-reactive ketones (excluding diaryl/α,β-unsaturated/α-hetero) is 1. The molecule has 0 atom stereocenters. The monoisotopic (exact) mass is 388 g/mol. The van der Waals surface area contributed by atoms with Gasteiger partial charge in [0.15, 0.2) is 35.7 Å². The highest BCUT2D eigenvalue weighted by Crippen LogP contribution is 2.30. The smallest absolute Gasteiger partial charge is 0.354 e. The molecule has 0 spiro atoms. The van der Waals surface area contributed by atoms with Gasteiger partial charge in [-0.05, 0) is 0 Å². The summed E-state index contributed by atoms with van der Waals surface area (Å²) >= 11 is 0. The van der Waals surface area contributed by atoms with Gasteiger partial charge in [-0.15, -0.1) is 0 Å². The fourth-order valence-electron chi connectivity index (χ4n) is 2.05. The van der Waals surface area contributed by atoms with E-state index in [9.17, 15) is 31.9 Å². The van der Waals surface area contributed by atoms with Crippen molar-refractivity contribution in [2.24, 2.45) is 10.5 Å². The third-order valence-electron chi connectivity index (χ3n) is 3.74. The summed E-state index contributed by atoms with van der Waals surface area (Å²) < 4.78 is 59.4. The maximum Gasteiger partial charge on any atom is 0.354 e. The van der Waals surface area contributed by atoms with Crippen molar-refractivity contribution in [1.29, 1.82) is 0 Å².